The smallest absolute Gasteiger partial charge is 0.416 e. The number of rotatable bonds is 12. The summed E-state index contributed by atoms with van der Waals surface area (Å²) >= 11 is 0. The number of esters is 1. The van der Waals surface area contributed by atoms with Crippen LogP contribution in [0.1, 0.15) is 79.1 Å². The first kappa shape index (κ1) is 40.9. The van der Waals surface area contributed by atoms with Crippen molar-refractivity contribution < 1.29 is 37.9 Å². The van der Waals surface area contributed by atoms with E-state index >= 15 is 0 Å². The van der Waals surface area contributed by atoms with Gasteiger partial charge in [0.15, 0.2) is 14.0 Å². The number of hydrogen-bond acceptors (Lipinski definition) is 11. The number of nitro groups is 1. The minimum absolute atomic E-state index is 0.0000136. The van der Waals surface area contributed by atoms with Crippen LogP contribution in [0.4, 0.5) is 21.1 Å². The Hall–Kier alpha value is -4.57. The second-order valence-electron chi connectivity index (χ2n) is 15.7. The van der Waals surface area contributed by atoms with E-state index in [0.29, 0.717) is 30.7 Å². The Morgan fingerprint density at radius 2 is 1.55 bits per heavy atom. The van der Waals surface area contributed by atoms with Gasteiger partial charge in [-0.15, -0.1) is 0 Å². The van der Waals surface area contributed by atoms with Gasteiger partial charge >= 0.3 is 18.2 Å². The number of aromatic nitrogens is 3. The number of nitro benzene ring substituents is 1. The van der Waals surface area contributed by atoms with Gasteiger partial charge in [0.05, 0.1) is 30.4 Å². The van der Waals surface area contributed by atoms with Crippen molar-refractivity contribution in [2.75, 3.05) is 38.3 Å². The molecule has 0 radical (unpaired) electrons. The van der Waals surface area contributed by atoms with Crippen molar-refractivity contribution in [3.8, 4) is 11.1 Å². The summed E-state index contributed by atoms with van der Waals surface area (Å²) in [7, 11) is -0.884. The Morgan fingerprint density at radius 1 is 0.922 bits per heavy atom. The summed E-state index contributed by atoms with van der Waals surface area (Å²) in [6, 6.07) is 5.49. The van der Waals surface area contributed by atoms with Crippen molar-refractivity contribution in [2.24, 2.45) is 0 Å². The van der Waals surface area contributed by atoms with Crippen LogP contribution in [0.2, 0.25) is 18.1 Å². The predicted molar refractivity (Wildman–Crippen MR) is 196 cm³/mol. The van der Waals surface area contributed by atoms with Gasteiger partial charge in [-0.2, -0.15) is 5.10 Å². The Balaban J connectivity index is 1.97. The molecule has 0 aliphatic heterocycles. The Bertz CT molecular complexity index is 1740. The Kier molecular flexibility index (Phi) is 12.6. The van der Waals surface area contributed by atoms with E-state index < -0.39 is 42.6 Å². The van der Waals surface area contributed by atoms with Crippen LogP contribution in [0.5, 0.6) is 0 Å². The number of methoxy groups -OCH3 is 1. The molecule has 0 aliphatic rings. The van der Waals surface area contributed by atoms with E-state index in [-0.39, 0.29) is 40.8 Å². The first-order valence-electron chi connectivity index (χ1n) is 16.8. The zero-order valence-corrected chi connectivity index (χ0v) is 32.9. The Morgan fingerprint density at radius 3 is 2.12 bits per heavy atom. The van der Waals surface area contributed by atoms with Gasteiger partial charge in [-0.3, -0.25) is 15.0 Å². The summed E-state index contributed by atoms with van der Waals surface area (Å²) in [5.74, 6) is -0.518. The lowest BCUT2D eigenvalue weighted by Gasteiger charge is -2.37. The molecule has 0 saturated heterocycles. The number of fused-ring (bicyclic) bond motifs is 1. The number of amides is 2. The van der Waals surface area contributed by atoms with Crippen LogP contribution in [-0.2, 0) is 18.6 Å². The van der Waals surface area contributed by atoms with Gasteiger partial charge in [-0.1, -0.05) is 20.8 Å². The van der Waals surface area contributed by atoms with Crippen molar-refractivity contribution in [1.82, 2.24) is 19.5 Å². The van der Waals surface area contributed by atoms with Gasteiger partial charge in [-0.05, 0) is 83.8 Å². The van der Waals surface area contributed by atoms with Crippen LogP contribution in [0, 0.1) is 10.1 Å². The molecular formula is C35H52N6O9Si. The van der Waals surface area contributed by atoms with Crippen molar-refractivity contribution in [1.29, 1.82) is 0 Å². The maximum absolute atomic E-state index is 13.6. The third-order valence-corrected chi connectivity index (χ3v) is 12.7. The molecular weight excluding hydrogens is 677 g/mol. The molecule has 2 amide bonds. The molecule has 0 fully saturated rings. The maximum atomic E-state index is 13.6. The van der Waals surface area contributed by atoms with Gasteiger partial charge in [0, 0.05) is 43.5 Å². The fourth-order valence-electron chi connectivity index (χ4n) is 4.61. The number of benzene rings is 1. The van der Waals surface area contributed by atoms with E-state index in [1.807, 2.05) is 0 Å². The van der Waals surface area contributed by atoms with Crippen molar-refractivity contribution in [3.05, 3.63) is 52.3 Å². The highest BCUT2D eigenvalue weighted by Crippen LogP contribution is 2.36. The molecule has 2 aromatic heterocycles. The van der Waals surface area contributed by atoms with Gasteiger partial charge in [0.2, 0.25) is 0 Å². The van der Waals surface area contributed by atoms with Crippen LogP contribution < -0.4 is 4.90 Å². The SMILES string of the molecule is COC(=O)c1cc(-c2cnn3ccc(N(CCCN(CCO[Si](C)(C)C(C)(C)C)C(=O)OC(C)(C)C)C(=O)OC(C)(C)C)nc23)cc([N+](=O)[O-])c1. The van der Waals surface area contributed by atoms with Crippen molar-refractivity contribution in [2.45, 2.75) is 98.1 Å². The number of ether oxygens (including phenoxy) is 3. The fourth-order valence-corrected chi connectivity index (χ4v) is 5.64. The monoisotopic (exact) mass is 728 g/mol. The highest BCUT2D eigenvalue weighted by molar-refractivity contribution is 6.74. The summed E-state index contributed by atoms with van der Waals surface area (Å²) in [5.41, 5.74) is -0.904. The fraction of sp³-hybridized carbons (Fsp3) is 0.571. The summed E-state index contributed by atoms with van der Waals surface area (Å²) in [6.07, 6.45) is 2.26. The van der Waals surface area contributed by atoms with Crippen LogP contribution >= 0.6 is 0 Å². The number of hydrogen-bond donors (Lipinski definition) is 0. The second kappa shape index (κ2) is 15.8. The maximum Gasteiger partial charge on any atom is 0.416 e. The molecule has 280 valence electrons. The van der Waals surface area contributed by atoms with Crippen molar-refractivity contribution >= 4 is 43.6 Å². The molecule has 0 unspecified atom stereocenters. The van der Waals surface area contributed by atoms with Crippen molar-refractivity contribution in [3.63, 3.8) is 0 Å². The van der Waals surface area contributed by atoms with Gasteiger partial charge in [0.25, 0.3) is 5.69 Å². The molecule has 0 bridgehead atoms. The average Bonchev–Trinajstić information content (AvgIpc) is 3.42. The lowest BCUT2D eigenvalue weighted by molar-refractivity contribution is -0.384. The minimum atomic E-state index is -2.07. The highest BCUT2D eigenvalue weighted by atomic mass is 28.4. The number of anilines is 1. The second-order valence-corrected chi connectivity index (χ2v) is 20.5. The molecule has 0 aliphatic carbocycles. The number of non-ortho nitro benzene ring substituents is 1. The number of carbonyl (C=O) groups excluding carboxylic acids is 3. The first-order chi connectivity index (χ1) is 23.4. The molecule has 16 heteroatoms. The number of carbonyl (C=O) groups is 3. The molecule has 0 spiro atoms. The third-order valence-electron chi connectivity index (χ3n) is 8.20. The summed E-state index contributed by atoms with van der Waals surface area (Å²) in [4.78, 5) is 58.0. The molecule has 0 N–H and O–H groups in total. The van der Waals surface area contributed by atoms with E-state index in [9.17, 15) is 24.5 Å². The number of nitrogens with zero attached hydrogens (tertiary/aromatic N) is 6. The van der Waals surface area contributed by atoms with E-state index in [1.54, 1.807) is 58.7 Å². The zero-order chi connectivity index (χ0) is 38.5. The molecule has 51 heavy (non-hydrogen) atoms. The molecule has 0 atom stereocenters. The topological polar surface area (TPSA) is 168 Å². The largest absolute Gasteiger partial charge is 0.465 e. The molecule has 1 aromatic carbocycles. The first-order valence-corrected chi connectivity index (χ1v) is 19.7. The lowest BCUT2D eigenvalue weighted by atomic mass is 10.0. The quantitative estimate of drug-likeness (QED) is 0.0596. The van der Waals surface area contributed by atoms with Gasteiger partial charge in [-0.25, -0.2) is 23.9 Å². The third kappa shape index (κ3) is 11.2. The average molecular weight is 729 g/mol. The van der Waals surface area contributed by atoms with Gasteiger partial charge < -0.3 is 23.5 Å². The summed E-state index contributed by atoms with van der Waals surface area (Å²) < 4.78 is 24.0. The van der Waals surface area contributed by atoms with Crippen LogP contribution in [-0.4, -0.2) is 95.4 Å². The van der Waals surface area contributed by atoms with Gasteiger partial charge in [0.1, 0.15) is 17.0 Å². The summed E-state index contributed by atoms with van der Waals surface area (Å²) in [5, 5.41) is 16.0. The Labute approximate surface area is 300 Å². The molecule has 15 nitrogen and oxygen atoms in total. The minimum Gasteiger partial charge on any atom is -0.465 e. The summed E-state index contributed by atoms with van der Waals surface area (Å²) in [6.45, 7) is 22.4. The van der Waals surface area contributed by atoms with E-state index in [2.05, 4.69) is 39.0 Å². The predicted octanol–water partition coefficient (Wildman–Crippen LogP) is 7.48. The lowest BCUT2D eigenvalue weighted by Crippen LogP contribution is -2.45. The van der Waals surface area contributed by atoms with E-state index in [4.69, 9.17) is 23.6 Å². The normalized spacial score (nSPS) is 12.4. The van der Waals surface area contributed by atoms with Crippen LogP contribution in [0.3, 0.4) is 0 Å². The van der Waals surface area contributed by atoms with E-state index in [0.717, 1.165) is 6.07 Å². The van der Waals surface area contributed by atoms with E-state index in [1.165, 1.54) is 34.9 Å². The van der Waals surface area contributed by atoms with Crippen LogP contribution in [0.25, 0.3) is 16.8 Å². The molecule has 3 rings (SSSR count). The zero-order valence-electron chi connectivity index (χ0n) is 31.9. The standard InChI is InChI=1S/C35H52N6O9Si/c1-33(2,3)49-31(43)38(18-19-48-51(11,12)35(7,8)9)15-13-16-39(32(44)50-34(4,5)6)28-14-17-40-29(37-28)27(23-36-40)24-20-25(30(42)47-10)22-26(21-24)41(45)46/h14,17,20-23H,13,15-16,18-19H2,1-12H3. The highest BCUT2D eigenvalue weighted by Gasteiger charge is 2.37. The molecule has 3 aromatic rings. The van der Waals surface area contributed by atoms with Crippen LogP contribution in [0.15, 0.2) is 36.7 Å². The molecule has 0 saturated carbocycles. The molecule has 2 heterocycles.